The fourth-order valence-corrected chi connectivity index (χ4v) is 4.26. The second-order valence-electron chi connectivity index (χ2n) is 6.82. The van der Waals surface area contributed by atoms with Crippen LogP contribution in [0.25, 0.3) is 6.08 Å². The number of amides is 1. The number of aliphatic imine (C=N–C) groups is 1. The molecule has 7 nitrogen and oxygen atoms in total. The standard InChI is InChI=1S/C23H24N2O5S/c1-3-28-18-14-20-19(29-15-30-20)12-16(18)13-21-22(26)25(10-7-11-27-2)23(31-21)24-17-8-5-4-6-9-17/h4-6,8-9,12-14H,3,7,10-11,15H2,1-2H3/b21-13+,24-23?. The molecule has 1 saturated heterocycles. The van der Waals surface area contributed by atoms with E-state index in [-0.39, 0.29) is 12.7 Å². The average molecular weight is 441 g/mol. The molecular weight excluding hydrogens is 416 g/mol. The zero-order chi connectivity index (χ0) is 21.6. The Bertz CT molecular complexity index is 1010. The van der Waals surface area contributed by atoms with E-state index in [2.05, 4.69) is 0 Å². The lowest BCUT2D eigenvalue weighted by Crippen LogP contribution is -2.30. The Morgan fingerprint density at radius 2 is 1.97 bits per heavy atom. The fourth-order valence-electron chi connectivity index (χ4n) is 3.24. The minimum absolute atomic E-state index is 0.0871. The topological polar surface area (TPSA) is 69.6 Å². The van der Waals surface area contributed by atoms with Crippen LogP contribution in [0.4, 0.5) is 5.69 Å². The van der Waals surface area contributed by atoms with Crippen LogP contribution in [0, 0.1) is 0 Å². The zero-order valence-electron chi connectivity index (χ0n) is 17.5. The van der Waals surface area contributed by atoms with E-state index in [0.717, 1.165) is 17.7 Å². The number of carbonyl (C=O) groups is 1. The molecule has 1 amide bonds. The molecule has 2 aliphatic heterocycles. The maximum atomic E-state index is 13.2. The zero-order valence-corrected chi connectivity index (χ0v) is 18.3. The molecule has 0 atom stereocenters. The first-order valence-electron chi connectivity index (χ1n) is 10.1. The van der Waals surface area contributed by atoms with E-state index in [4.69, 9.17) is 23.9 Å². The highest BCUT2D eigenvalue weighted by molar-refractivity contribution is 8.18. The second kappa shape index (κ2) is 9.89. The Balaban J connectivity index is 1.67. The Kier molecular flexibility index (Phi) is 6.79. The summed E-state index contributed by atoms with van der Waals surface area (Å²) in [5.74, 6) is 1.84. The first kappa shape index (κ1) is 21.3. The molecule has 31 heavy (non-hydrogen) atoms. The third-order valence-electron chi connectivity index (χ3n) is 4.69. The molecular formula is C23H24N2O5S. The predicted molar refractivity (Wildman–Crippen MR) is 121 cm³/mol. The molecule has 1 fully saturated rings. The Labute approximate surface area is 185 Å². The lowest BCUT2D eigenvalue weighted by atomic mass is 10.1. The first-order chi connectivity index (χ1) is 15.2. The molecule has 162 valence electrons. The van der Waals surface area contributed by atoms with Crippen molar-refractivity contribution in [3.05, 3.63) is 52.9 Å². The highest BCUT2D eigenvalue weighted by Gasteiger charge is 2.33. The quantitative estimate of drug-likeness (QED) is 0.446. The number of thioether (sulfide) groups is 1. The first-order valence-corrected chi connectivity index (χ1v) is 10.9. The number of methoxy groups -OCH3 is 1. The van der Waals surface area contributed by atoms with Crippen LogP contribution >= 0.6 is 11.8 Å². The van der Waals surface area contributed by atoms with Crippen molar-refractivity contribution >= 4 is 34.6 Å². The summed E-state index contributed by atoms with van der Waals surface area (Å²) in [5.41, 5.74) is 1.56. The van der Waals surface area contributed by atoms with E-state index < -0.39 is 0 Å². The summed E-state index contributed by atoms with van der Waals surface area (Å²) in [6.45, 7) is 3.70. The van der Waals surface area contributed by atoms with Gasteiger partial charge in [0.2, 0.25) is 6.79 Å². The smallest absolute Gasteiger partial charge is 0.266 e. The van der Waals surface area contributed by atoms with Crippen molar-refractivity contribution in [1.29, 1.82) is 0 Å². The molecule has 0 saturated carbocycles. The Morgan fingerprint density at radius 1 is 1.19 bits per heavy atom. The van der Waals surface area contributed by atoms with E-state index in [1.807, 2.05) is 49.4 Å². The maximum Gasteiger partial charge on any atom is 0.266 e. The minimum Gasteiger partial charge on any atom is -0.493 e. The third-order valence-corrected chi connectivity index (χ3v) is 5.70. The minimum atomic E-state index is -0.0871. The predicted octanol–water partition coefficient (Wildman–Crippen LogP) is 4.45. The average Bonchev–Trinajstić information content (AvgIpc) is 3.34. The third kappa shape index (κ3) is 4.86. The van der Waals surface area contributed by atoms with Gasteiger partial charge in [-0.05, 0) is 49.4 Å². The fraction of sp³-hybridized carbons (Fsp3) is 0.304. The van der Waals surface area contributed by atoms with E-state index in [1.54, 1.807) is 18.1 Å². The molecule has 0 N–H and O–H groups in total. The molecule has 2 heterocycles. The van der Waals surface area contributed by atoms with Gasteiger partial charge < -0.3 is 18.9 Å². The van der Waals surface area contributed by atoms with Crippen LogP contribution in [-0.2, 0) is 9.53 Å². The summed E-state index contributed by atoms with van der Waals surface area (Å²) >= 11 is 1.35. The molecule has 0 aliphatic carbocycles. The van der Waals surface area contributed by atoms with Crippen molar-refractivity contribution in [2.24, 2.45) is 4.99 Å². The number of rotatable bonds is 8. The lowest BCUT2D eigenvalue weighted by Gasteiger charge is -2.15. The van der Waals surface area contributed by atoms with Gasteiger partial charge in [0.05, 0.1) is 17.2 Å². The van der Waals surface area contributed by atoms with Gasteiger partial charge in [0.25, 0.3) is 5.91 Å². The molecule has 0 spiro atoms. The van der Waals surface area contributed by atoms with Gasteiger partial charge in [0.1, 0.15) is 5.75 Å². The molecule has 0 aromatic heterocycles. The number of hydrogen-bond acceptors (Lipinski definition) is 7. The van der Waals surface area contributed by atoms with Crippen molar-refractivity contribution in [1.82, 2.24) is 4.90 Å². The Hall–Kier alpha value is -2.97. The highest BCUT2D eigenvalue weighted by Crippen LogP contribution is 2.41. The monoisotopic (exact) mass is 440 g/mol. The SMILES string of the molecule is CCOc1cc2c(cc1/C=C1/SC(=Nc3ccccc3)N(CCCOC)C1=O)OCO2. The number of carbonyl (C=O) groups excluding carboxylic acids is 1. The van der Waals surface area contributed by atoms with Crippen LogP contribution in [0.5, 0.6) is 17.2 Å². The summed E-state index contributed by atoms with van der Waals surface area (Å²) in [6, 6.07) is 13.3. The van der Waals surface area contributed by atoms with Crippen LogP contribution in [0.1, 0.15) is 18.9 Å². The van der Waals surface area contributed by atoms with Crippen molar-refractivity contribution < 1.29 is 23.7 Å². The molecule has 2 aromatic carbocycles. The van der Waals surface area contributed by atoms with Gasteiger partial charge in [-0.3, -0.25) is 9.69 Å². The van der Waals surface area contributed by atoms with E-state index in [0.29, 0.717) is 47.1 Å². The highest BCUT2D eigenvalue weighted by atomic mass is 32.2. The Morgan fingerprint density at radius 3 is 2.71 bits per heavy atom. The summed E-state index contributed by atoms with van der Waals surface area (Å²) in [5, 5.41) is 0.650. The van der Waals surface area contributed by atoms with Gasteiger partial charge in [-0.2, -0.15) is 0 Å². The normalized spacial score (nSPS) is 17.7. The summed E-state index contributed by atoms with van der Waals surface area (Å²) in [6.07, 6.45) is 2.55. The van der Waals surface area contributed by atoms with Crippen molar-refractivity contribution in [2.45, 2.75) is 13.3 Å². The number of benzene rings is 2. The number of hydrogen-bond donors (Lipinski definition) is 0. The van der Waals surface area contributed by atoms with Crippen molar-refractivity contribution in [3.8, 4) is 17.2 Å². The number of amidine groups is 1. The number of para-hydroxylation sites is 1. The van der Waals surface area contributed by atoms with Crippen LogP contribution in [0.15, 0.2) is 52.4 Å². The van der Waals surface area contributed by atoms with Gasteiger partial charge in [0, 0.05) is 31.9 Å². The van der Waals surface area contributed by atoms with E-state index in [1.165, 1.54) is 11.8 Å². The van der Waals surface area contributed by atoms with Crippen LogP contribution < -0.4 is 14.2 Å². The van der Waals surface area contributed by atoms with Gasteiger partial charge in [0.15, 0.2) is 16.7 Å². The van der Waals surface area contributed by atoms with Crippen molar-refractivity contribution in [3.63, 3.8) is 0 Å². The molecule has 2 aliphatic rings. The molecule has 2 aromatic rings. The maximum absolute atomic E-state index is 13.2. The second-order valence-corrected chi connectivity index (χ2v) is 7.83. The van der Waals surface area contributed by atoms with Crippen molar-refractivity contribution in [2.75, 3.05) is 33.7 Å². The van der Waals surface area contributed by atoms with Gasteiger partial charge in [-0.15, -0.1) is 0 Å². The van der Waals surface area contributed by atoms with E-state index >= 15 is 0 Å². The van der Waals surface area contributed by atoms with Crippen LogP contribution in [-0.4, -0.2) is 49.6 Å². The summed E-state index contributed by atoms with van der Waals surface area (Å²) < 4.78 is 21.9. The van der Waals surface area contributed by atoms with E-state index in [9.17, 15) is 4.79 Å². The number of fused-ring (bicyclic) bond motifs is 1. The molecule has 0 unspecified atom stereocenters. The largest absolute Gasteiger partial charge is 0.493 e. The molecule has 4 rings (SSSR count). The number of nitrogens with zero attached hydrogens (tertiary/aromatic N) is 2. The van der Waals surface area contributed by atoms with Gasteiger partial charge in [-0.25, -0.2) is 4.99 Å². The lowest BCUT2D eigenvalue weighted by molar-refractivity contribution is -0.122. The van der Waals surface area contributed by atoms with Crippen LogP contribution in [0.3, 0.4) is 0 Å². The molecule has 0 bridgehead atoms. The van der Waals surface area contributed by atoms with Gasteiger partial charge in [-0.1, -0.05) is 18.2 Å². The molecule has 8 heteroatoms. The number of ether oxygens (including phenoxy) is 4. The van der Waals surface area contributed by atoms with Gasteiger partial charge >= 0.3 is 0 Å². The summed E-state index contributed by atoms with van der Waals surface area (Å²) in [7, 11) is 1.65. The summed E-state index contributed by atoms with van der Waals surface area (Å²) in [4.78, 5) is 20.2. The molecule has 0 radical (unpaired) electrons. The van der Waals surface area contributed by atoms with Crippen LogP contribution in [0.2, 0.25) is 0 Å².